The van der Waals surface area contributed by atoms with Gasteiger partial charge in [0.2, 0.25) is 0 Å². The van der Waals surface area contributed by atoms with E-state index in [1.807, 2.05) is 30.5 Å². The molecule has 0 saturated carbocycles. The van der Waals surface area contributed by atoms with E-state index >= 15 is 0 Å². The van der Waals surface area contributed by atoms with Gasteiger partial charge in [-0.3, -0.25) is 9.88 Å². The maximum absolute atomic E-state index is 11.1. The van der Waals surface area contributed by atoms with E-state index in [1.165, 1.54) is 19.3 Å². The Balaban J connectivity index is 1.70. The van der Waals surface area contributed by atoms with Crippen molar-refractivity contribution in [1.29, 1.82) is 0 Å². The topological polar surface area (TPSA) is 36.4 Å². The number of nitrogens with zero attached hydrogens (tertiary/aromatic N) is 2. The number of aliphatic hydroxyl groups excluding tert-OH is 1. The molecule has 0 aliphatic carbocycles. The Kier molecular flexibility index (Phi) is 3.63. The largest absolute Gasteiger partial charge is 0.387 e. The molecule has 3 nitrogen and oxygen atoms in total. The standard InChI is InChI=1S/C19H24N2O/c1-2-14-11-13-8-10-21(14)18(12-13)19(22)16-7-9-20-17-6-4-3-5-15(16)17/h3-7,9,13-14,18-19,22H,2,8,10-12H2,1H3/t13-,14+,18+,19-/m1/s1. The SMILES string of the molecule is CC[C@H]1C[C@H]2CCN1[C@H]([C@H](O)c1ccnc3ccccc13)C2. The zero-order chi connectivity index (χ0) is 15.1. The van der Waals surface area contributed by atoms with Crippen molar-refractivity contribution in [3.05, 3.63) is 42.1 Å². The van der Waals surface area contributed by atoms with Crippen LogP contribution in [0.25, 0.3) is 10.9 Å². The van der Waals surface area contributed by atoms with Crippen molar-refractivity contribution in [3.8, 4) is 0 Å². The number of aromatic nitrogens is 1. The van der Waals surface area contributed by atoms with Gasteiger partial charge in [0.1, 0.15) is 0 Å². The van der Waals surface area contributed by atoms with Crippen LogP contribution in [0, 0.1) is 5.92 Å². The predicted octanol–water partition coefficient (Wildman–Crippen LogP) is 3.53. The first kappa shape index (κ1) is 14.2. The van der Waals surface area contributed by atoms with E-state index in [-0.39, 0.29) is 6.04 Å². The predicted molar refractivity (Wildman–Crippen MR) is 88.6 cm³/mol. The summed E-state index contributed by atoms with van der Waals surface area (Å²) in [5.74, 6) is 0.794. The molecule has 3 aliphatic rings. The van der Waals surface area contributed by atoms with Gasteiger partial charge in [0.25, 0.3) is 0 Å². The molecular formula is C19H24N2O. The molecule has 3 aliphatic heterocycles. The minimum atomic E-state index is -0.412. The number of fused-ring (bicyclic) bond motifs is 4. The fourth-order valence-corrected chi connectivity index (χ4v) is 4.57. The third kappa shape index (κ3) is 2.24. The molecule has 0 radical (unpaired) electrons. The summed E-state index contributed by atoms with van der Waals surface area (Å²) in [4.78, 5) is 6.99. The second-order valence-electron chi connectivity index (χ2n) is 6.86. The number of para-hydroxylation sites is 1. The minimum absolute atomic E-state index is 0.267. The number of aliphatic hydroxyl groups is 1. The first-order chi connectivity index (χ1) is 10.8. The van der Waals surface area contributed by atoms with E-state index in [2.05, 4.69) is 22.9 Å². The van der Waals surface area contributed by atoms with E-state index in [9.17, 15) is 5.11 Å². The normalized spacial score (nSPS) is 32.3. The van der Waals surface area contributed by atoms with Gasteiger partial charge < -0.3 is 5.11 Å². The van der Waals surface area contributed by atoms with Crippen molar-refractivity contribution in [2.45, 2.75) is 50.8 Å². The van der Waals surface area contributed by atoms with Crippen LogP contribution in [0.1, 0.15) is 44.3 Å². The second kappa shape index (κ2) is 5.64. The Bertz CT molecular complexity index is 666. The van der Waals surface area contributed by atoms with Gasteiger partial charge in [-0.2, -0.15) is 0 Å². The molecule has 0 amide bonds. The van der Waals surface area contributed by atoms with Gasteiger partial charge in [0, 0.05) is 23.7 Å². The molecule has 2 bridgehead atoms. The Morgan fingerprint density at radius 2 is 2.14 bits per heavy atom. The molecular weight excluding hydrogens is 272 g/mol. The Labute approximate surface area is 132 Å². The highest BCUT2D eigenvalue weighted by molar-refractivity contribution is 5.82. The number of pyridine rings is 1. The van der Waals surface area contributed by atoms with Crippen LogP contribution in [-0.2, 0) is 0 Å². The van der Waals surface area contributed by atoms with E-state index in [1.54, 1.807) is 0 Å². The van der Waals surface area contributed by atoms with Crippen molar-refractivity contribution in [1.82, 2.24) is 9.88 Å². The van der Waals surface area contributed by atoms with Gasteiger partial charge in [-0.1, -0.05) is 25.1 Å². The summed E-state index contributed by atoms with van der Waals surface area (Å²) in [6.07, 6.45) is 6.36. The van der Waals surface area contributed by atoms with Crippen LogP contribution < -0.4 is 0 Å². The van der Waals surface area contributed by atoms with Crippen molar-refractivity contribution in [2.24, 2.45) is 5.92 Å². The van der Waals surface area contributed by atoms with Gasteiger partial charge >= 0.3 is 0 Å². The molecule has 2 aromatic rings. The highest BCUT2D eigenvalue weighted by atomic mass is 16.3. The Morgan fingerprint density at radius 3 is 2.95 bits per heavy atom. The summed E-state index contributed by atoms with van der Waals surface area (Å²) in [5, 5.41) is 12.2. The van der Waals surface area contributed by atoms with Crippen LogP contribution in [0.3, 0.4) is 0 Å². The first-order valence-electron chi connectivity index (χ1n) is 8.55. The summed E-state index contributed by atoms with van der Waals surface area (Å²) in [6.45, 7) is 3.42. The summed E-state index contributed by atoms with van der Waals surface area (Å²) in [6, 6.07) is 11.1. The fraction of sp³-hybridized carbons (Fsp3) is 0.526. The highest BCUT2D eigenvalue weighted by Crippen LogP contribution is 2.42. The van der Waals surface area contributed by atoms with Crippen LogP contribution in [0.5, 0.6) is 0 Å². The molecule has 1 aromatic heterocycles. The zero-order valence-corrected chi connectivity index (χ0v) is 13.2. The van der Waals surface area contributed by atoms with E-state index in [0.717, 1.165) is 35.3 Å². The molecule has 3 fully saturated rings. The number of benzene rings is 1. The van der Waals surface area contributed by atoms with Crippen molar-refractivity contribution < 1.29 is 5.11 Å². The summed E-state index contributed by atoms with van der Waals surface area (Å²) < 4.78 is 0. The van der Waals surface area contributed by atoms with Gasteiger partial charge in [-0.15, -0.1) is 0 Å². The van der Waals surface area contributed by atoms with Crippen molar-refractivity contribution >= 4 is 10.9 Å². The monoisotopic (exact) mass is 296 g/mol. The number of hydrogen-bond donors (Lipinski definition) is 1. The molecule has 3 saturated heterocycles. The quantitative estimate of drug-likeness (QED) is 0.941. The van der Waals surface area contributed by atoms with Crippen LogP contribution >= 0.6 is 0 Å². The van der Waals surface area contributed by atoms with E-state index in [4.69, 9.17) is 0 Å². The maximum Gasteiger partial charge on any atom is 0.0952 e. The van der Waals surface area contributed by atoms with Crippen molar-refractivity contribution in [3.63, 3.8) is 0 Å². The van der Waals surface area contributed by atoms with Crippen molar-refractivity contribution in [2.75, 3.05) is 6.54 Å². The first-order valence-corrected chi connectivity index (χ1v) is 8.55. The zero-order valence-electron chi connectivity index (χ0n) is 13.2. The Hall–Kier alpha value is -1.45. The third-order valence-electron chi connectivity index (χ3n) is 5.71. The molecule has 5 rings (SSSR count). The highest BCUT2D eigenvalue weighted by Gasteiger charge is 2.42. The molecule has 1 aromatic carbocycles. The summed E-state index contributed by atoms with van der Waals surface area (Å²) >= 11 is 0. The minimum Gasteiger partial charge on any atom is -0.387 e. The van der Waals surface area contributed by atoms with Gasteiger partial charge in [-0.05, 0) is 55.8 Å². The lowest BCUT2D eigenvalue weighted by Crippen LogP contribution is -2.56. The lowest BCUT2D eigenvalue weighted by molar-refractivity contribution is -0.0616. The van der Waals surface area contributed by atoms with Crippen LogP contribution in [0.4, 0.5) is 0 Å². The Morgan fingerprint density at radius 1 is 1.27 bits per heavy atom. The molecule has 22 heavy (non-hydrogen) atoms. The maximum atomic E-state index is 11.1. The smallest absolute Gasteiger partial charge is 0.0952 e. The van der Waals surface area contributed by atoms with Crippen LogP contribution in [0.15, 0.2) is 36.5 Å². The average molecular weight is 296 g/mol. The molecule has 4 heterocycles. The molecule has 5 atom stereocenters. The number of hydrogen-bond acceptors (Lipinski definition) is 3. The third-order valence-corrected chi connectivity index (χ3v) is 5.71. The lowest BCUT2D eigenvalue weighted by atomic mass is 9.75. The second-order valence-corrected chi connectivity index (χ2v) is 6.86. The van der Waals surface area contributed by atoms with Gasteiger partial charge in [-0.25, -0.2) is 0 Å². The molecule has 1 unspecified atom stereocenters. The van der Waals surface area contributed by atoms with Crippen LogP contribution in [0.2, 0.25) is 0 Å². The van der Waals surface area contributed by atoms with E-state index < -0.39 is 6.10 Å². The molecule has 3 heteroatoms. The lowest BCUT2D eigenvalue weighted by Gasteiger charge is -2.52. The summed E-state index contributed by atoms with van der Waals surface area (Å²) in [5.41, 5.74) is 2.01. The fourth-order valence-electron chi connectivity index (χ4n) is 4.57. The molecule has 1 N–H and O–H groups in total. The number of piperidine rings is 3. The van der Waals surface area contributed by atoms with Crippen LogP contribution in [-0.4, -0.2) is 33.6 Å². The van der Waals surface area contributed by atoms with Gasteiger partial charge in [0.05, 0.1) is 11.6 Å². The van der Waals surface area contributed by atoms with Gasteiger partial charge in [0.15, 0.2) is 0 Å². The number of rotatable bonds is 3. The molecule has 0 spiro atoms. The average Bonchev–Trinajstić information content (AvgIpc) is 2.60. The molecule has 116 valence electrons. The van der Waals surface area contributed by atoms with E-state index in [0.29, 0.717) is 6.04 Å². The summed E-state index contributed by atoms with van der Waals surface area (Å²) in [7, 11) is 0.